The van der Waals surface area contributed by atoms with E-state index in [1.165, 1.54) is 0 Å². The van der Waals surface area contributed by atoms with E-state index >= 15 is 0 Å². The fraction of sp³-hybridized carbons (Fsp3) is 0.545. The molecule has 4 atom stereocenters. The van der Waals surface area contributed by atoms with Crippen LogP contribution in [0.4, 0.5) is 13.6 Å². The number of aryl methyl sites for hydroxylation is 4. The van der Waals surface area contributed by atoms with Gasteiger partial charge in [-0.05, 0) is 98.2 Å². The first-order valence-electron chi connectivity index (χ1n) is 25.6. The Labute approximate surface area is 427 Å². The van der Waals surface area contributed by atoms with Gasteiger partial charge in [0.1, 0.15) is 20.0 Å². The van der Waals surface area contributed by atoms with Gasteiger partial charge in [-0.1, -0.05) is 27.7 Å². The van der Waals surface area contributed by atoms with E-state index in [1.54, 1.807) is 19.1 Å². The molecule has 3 saturated heterocycles. The van der Waals surface area contributed by atoms with E-state index in [9.17, 15) is 13.6 Å². The summed E-state index contributed by atoms with van der Waals surface area (Å²) in [7, 11) is 3.28. The number of carbonyl (C=O) groups is 1. The maximum absolute atomic E-state index is 13.1. The Morgan fingerprint density at radius 2 is 1.21 bits per heavy atom. The highest BCUT2D eigenvalue weighted by molar-refractivity contribution is 5.86. The molecule has 3 aliphatic heterocycles. The number of likely N-dealkylation sites (tertiary alicyclic amines) is 1. The first-order chi connectivity index (χ1) is 35.2. The zero-order valence-electron chi connectivity index (χ0n) is 44.2. The number of amides is 1. The monoisotopic (exact) mass is 1010 g/mol. The van der Waals surface area contributed by atoms with Crippen molar-refractivity contribution in [1.82, 2.24) is 44.2 Å². The highest BCUT2D eigenvalue weighted by Gasteiger charge is 2.39. The van der Waals surface area contributed by atoms with Crippen molar-refractivity contribution in [2.24, 2.45) is 0 Å². The number of ether oxygens (including phenoxy) is 6. The summed E-state index contributed by atoms with van der Waals surface area (Å²) in [5.74, 6) is 1.74. The molecule has 1 amide bonds. The minimum atomic E-state index is -0.589. The summed E-state index contributed by atoms with van der Waals surface area (Å²) >= 11 is 0. The molecular weight excluding hydrogens is 937 g/mol. The Morgan fingerprint density at radius 1 is 0.685 bits per heavy atom. The van der Waals surface area contributed by atoms with E-state index in [2.05, 4.69) is 85.3 Å². The molecule has 6 aromatic heterocycles. The van der Waals surface area contributed by atoms with Crippen LogP contribution in [0.15, 0.2) is 48.8 Å². The highest BCUT2D eigenvalue weighted by Crippen LogP contribution is 2.38. The number of carbonyl (C=O) groups excluding carboxylic acids is 1. The molecule has 0 aromatic carbocycles. The predicted octanol–water partition coefficient (Wildman–Crippen LogP) is 8.87. The van der Waals surface area contributed by atoms with Gasteiger partial charge < -0.3 is 47.8 Å². The molecule has 73 heavy (non-hydrogen) atoms. The molecule has 0 radical (unpaired) electrons. The van der Waals surface area contributed by atoms with E-state index in [1.807, 2.05) is 38.2 Å². The largest absolute Gasteiger partial charge is 0.480 e. The lowest BCUT2D eigenvalue weighted by Gasteiger charge is -2.26. The third-order valence-corrected chi connectivity index (χ3v) is 14.1. The quantitative estimate of drug-likeness (QED) is 0.0927. The number of alkyl halides is 2. The van der Waals surface area contributed by atoms with Crippen LogP contribution in [-0.2, 0) is 18.9 Å². The predicted molar refractivity (Wildman–Crippen MR) is 279 cm³/mol. The summed E-state index contributed by atoms with van der Waals surface area (Å²) in [4.78, 5) is 36.5. The molecule has 0 unspecified atom stereocenters. The Morgan fingerprint density at radius 3 is 1.71 bits per heavy atom. The second-order valence-electron chi connectivity index (χ2n) is 19.8. The maximum atomic E-state index is 13.1. The van der Waals surface area contributed by atoms with Crippen LogP contribution in [0.3, 0.4) is 0 Å². The van der Waals surface area contributed by atoms with Crippen LogP contribution in [0, 0.1) is 27.7 Å². The lowest BCUT2D eigenvalue weighted by Crippen LogP contribution is -2.39. The molecule has 1 N–H and O–H groups in total. The molecule has 0 spiro atoms. The fourth-order valence-corrected chi connectivity index (χ4v) is 10.2. The molecule has 394 valence electrons. The van der Waals surface area contributed by atoms with Crippen molar-refractivity contribution in [3.63, 3.8) is 0 Å². The molecule has 9 heterocycles. The molecular formula is C55H73F2N9O7. The lowest BCUT2D eigenvalue weighted by atomic mass is 10.0. The zero-order chi connectivity index (χ0) is 51.9. The van der Waals surface area contributed by atoms with Gasteiger partial charge >= 0.3 is 6.09 Å². The van der Waals surface area contributed by atoms with Crippen molar-refractivity contribution in [3.05, 3.63) is 82.4 Å². The van der Waals surface area contributed by atoms with Gasteiger partial charge in [-0.3, -0.25) is 4.90 Å². The molecule has 16 nitrogen and oxygen atoms in total. The second kappa shape index (κ2) is 24.0. The molecule has 6 aromatic rings. The van der Waals surface area contributed by atoms with Crippen molar-refractivity contribution < 1.29 is 42.0 Å². The Hall–Kier alpha value is -5.79. The SMILES string of the molecule is COc1nc(C(C)C)ccc1-c1nc2c(C)cn([C@@H]3CN(C(=O)OCCN4CCOCC4)C[C@@H]3OCCF)c2cc1C.COc1nc(C(C)C)ccc1-c1nc2c(C)cn([C@@H]3CNC[C@@H]3OCCF)c2cc1C. The Kier molecular flexibility index (Phi) is 17.6. The molecule has 18 heteroatoms. The second-order valence-corrected chi connectivity index (χ2v) is 19.8. The van der Waals surface area contributed by atoms with E-state index in [4.69, 9.17) is 48.4 Å². The number of hydrogen-bond donors (Lipinski definition) is 1. The van der Waals surface area contributed by atoms with Crippen LogP contribution in [0.25, 0.3) is 44.6 Å². The number of methoxy groups -OCH3 is 2. The van der Waals surface area contributed by atoms with E-state index in [0.717, 1.165) is 104 Å². The number of hydrogen-bond acceptors (Lipinski definition) is 13. The summed E-state index contributed by atoms with van der Waals surface area (Å²) in [5.41, 5.74) is 13.3. The third kappa shape index (κ3) is 11.8. The number of pyridine rings is 4. The molecule has 9 rings (SSSR count). The highest BCUT2D eigenvalue weighted by atomic mass is 19.1. The van der Waals surface area contributed by atoms with Crippen molar-refractivity contribution in [2.45, 2.75) is 91.5 Å². The minimum Gasteiger partial charge on any atom is -0.480 e. The van der Waals surface area contributed by atoms with Gasteiger partial charge in [-0.25, -0.2) is 33.5 Å². The first-order valence-corrected chi connectivity index (χ1v) is 25.6. The smallest absolute Gasteiger partial charge is 0.409 e. The number of rotatable bonds is 17. The number of aromatic nitrogens is 6. The van der Waals surface area contributed by atoms with E-state index < -0.39 is 13.3 Å². The van der Waals surface area contributed by atoms with Gasteiger partial charge in [0.25, 0.3) is 0 Å². The maximum Gasteiger partial charge on any atom is 0.409 e. The average Bonchev–Trinajstić information content (AvgIpc) is 4.19. The first kappa shape index (κ1) is 53.5. The van der Waals surface area contributed by atoms with E-state index in [0.29, 0.717) is 57.1 Å². The van der Waals surface area contributed by atoms with Crippen molar-refractivity contribution in [3.8, 4) is 34.3 Å². The average molecular weight is 1010 g/mol. The normalized spacial score (nSPS) is 19.3. The Bertz CT molecular complexity index is 2850. The van der Waals surface area contributed by atoms with Crippen molar-refractivity contribution >= 4 is 28.2 Å². The molecule has 0 bridgehead atoms. The third-order valence-electron chi connectivity index (χ3n) is 14.1. The van der Waals surface area contributed by atoms with Gasteiger partial charge in [0, 0.05) is 63.1 Å². The Balaban J connectivity index is 0.000000204. The van der Waals surface area contributed by atoms with Crippen LogP contribution in [0.2, 0.25) is 0 Å². The van der Waals surface area contributed by atoms with Crippen LogP contribution in [0.5, 0.6) is 11.8 Å². The van der Waals surface area contributed by atoms with Crippen LogP contribution >= 0.6 is 0 Å². The van der Waals surface area contributed by atoms with Crippen LogP contribution < -0.4 is 14.8 Å². The van der Waals surface area contributed by atoms with Gasteiger partial charge in [0.2, 0.25) is 11.8 Å². The number of nitrogens with one attached hydrogen (secondary N) is 1. The van der Waals surface area contributed by atoms with Gasteiger partial charge in [-0.2, -0.15) is 0 Å². The summed E-state index contributed by atoms with van der Waals surface area (Å²) in [6.45, 7) is 21.9. The van der Waals surface area contributed by atoms with Gasteiger partial charge in [0.05, 0.1) is 116 Å². The zero-order valence-corrected chi connectivity index (χ0v) is 44.2. The molecule has 3 aliphatic rings. The molecule has 3 fully saturated rings. The number of fused-ring (bicyclic) bond motifs is 2. The van der Waals surface area contributed by atoms with Crippen molar-refractivity contribution in [2.75, 3.05) is 106 Å². The summed E-state index contributed by atoms with van der Waals surface area (Å²) in [5, 5.41) is 3.37. The van der Waals surface area contributed by atoms with Crippen molar-refractivity contribution in [1.29, 1.82) is 0 Å². The topological polar surface area (TPSA) is 152 Å². The molecule has 0 saturated carbocycles. The number of morpholine rings is 1. The van der Waals surface area contributed by atoms with Crippen LogP contribution in [0.1, 0.15) is 85.3 Å². The fourth-order valence-electron chi connectivity index (χ4n) is 10.2. The van der Waals surface area contributed by atoms with Crippen LogP contribution in [-0.4, -0.2) is 164 Å². The number of halogens is 2. The summed E-state index contributed by atoms with van der Waals surface area (Å²) in [6, 6.07) is 12.3. The summed E-state index contributed by atoms with van der Waals surface area (Å²) < 4.78 is 64.1. The van der Waals surface area contributed by atoms with Gasteiger partial charge in [-0.15, -0.1) is 0 Å². The van der Waals surface area contributed by atoms with E-state index in [-0.39, 0.29) is 49.5 Å². The molecule has 0 aliphatic carbocycles. The number of nitrogens with zero attached hydrogens (tertiary/aromatic N) is 8. The minimum absolute atomic E-state index is 0.0279. The standard InChI is InChI=1S/C31H42FN5O5.C24H31FN4O2/c1-20(2)24-7-6-23(30(33-24)39-5)28-21(3)16-25-29(34-28)22(4)17-37(25)26-18-36(19-27(26)41-12-8-32)31(38)42-15-11-35-9-13-40-14-10-35;1-14(2)18-7-6-17(24(27-18)30-5)22-15(3)10-19-23(28-22)16(4)13-29(19)20-11-26-12-21(20)31-9-8-25/h6-7,16-17,20,26-27H,8-15,18-19H2,1-5H3;6-7,10,13-14,20-21,26H,8-9,11-12H2,1-5H3/t26-,27+;20-,21+/m11/s1. The summed E-state index contributed by atoms with van der Waals surface area (Å²) in [6.07, 6.45) is 3.35. The lowest BCUT2D eigenvalue weighted by molar-refractivity contribution is 0.0216. The van der Waals surface area contributed by atoms with Gasteiger partial charge in [0.15, 0.2) is 0 Å².